The Bertz CT molecular complexity index is 894. The van der Waals surface area contributed by atoms with Gasteiger partial charge in [0.05, 0.1) is 12.2 Å². The third-order valence-electron chi connectivity index (χ3n) is 5.78. The van der Waals surface area contributed by atoms with E-state index in [1.165, 1.54) is 29.8 Å². The van der Waals surface area contributed by atoms with Gasteiger partial charge in [-0.1, -0.05) is 24.3 Å². The van der Waals surface area contributed by atoms with E-state index in [0.29, 0.717) is 11.8 Å². The molecule has 5 heteroatoms. The SMILES string of the molecule is c1ccc(C2CCC(c3nnc4n3-c3ccccc3CNC4)CC2)nc1. The minimum atomic E-state index is 0.474. The molecule has 3 aromatic rings. The Hall–Kier alpha value is -2.53. The van der Waals surface area contributed by atoms with Crippen LogP contribution in [0.2, 0.25) is 0 Å². The van der Waals surface area contributed by atoms with E-state index in [2.05, 4.69) is 61.5 Å². The predicted molar refractivity (Wildman–Crippen MR) is 100 cm³/mol. The molecule has 1 aromatic carbocycles. The van der Waals surface area contributed by atoms with Crippen LogP contribution in [0, 0.1) is 0 Å². The number of hydrogen-bond donors (Lipinski definition) is 1. The van der Waals surface area contributed by atoms with E-state index in [0.717, 1.165) is 37.6 Å². The Morgan fingerprint density at radius 2 is 1.65 bits per heavy atom. The van der Waals surface area contributed by atoms with Gasteiger partial charge in [0.1, 0.15) is 5.82 Å². The zero-order chi connectivity index (χ0) is 17.3. The highest BCUT2D eigenvalue weighted by Gasteiger charge is 2.29. The van der Waals surface area contributed by atoms with Gasteiger partial charge in [-0.15, -0.1) is 10.2 Å². The van der Waals surface area contributed by atoms with Gasteiger partial charge in [-0.25, -0.2) is 0 Å². The van der Waals surface area contributed by atoms with Gasteiger partial charge in [0, 0.05) is 30.3 Å². The second-order valence-corrected chi connectivity index (χ2v) is 7.35. The highest BCUT2D eigenvalue weighted by molar-refractivity contribution is 5.44. The summed E-state index contributed by atoms with van der Waals surface area (Å²) in [5.74, 6) is 3.21. The predicted octanol–water partition coefficient (Wildman–Crippen LogP) is 3.71. The summed E-state index contributed by atoms with van der Waals surface area (Å²) >= 11 is 0. The highest BCUT2D eigenvalue weighted by Crippen LogP contribution is 2.40. The first kappa shape index (κ1) is 15.7. The fraction of sp³-hybridized carbons (Fsp3) is 0.381. The molecule has 0 atom stereocenters. The number of benzene rings is 1. The van der Waals surface area contributed by atoms with Gasteiger partial charge in [-0.2, -0.15) is 0 Å². The number of hydrogen-bond acceptors (Lipinski definition) is 4. The average molecular weight is 345 g/mol. The highest BCUT2D eigenvalue weighted by atomic mass is 15.3. The number of nitrogens with zero attached hydrogens (tertiary/aromatic N) is 4. The van der Waals surface area contributed by atoms with E-state index in [1.807, 2.05) is 12.3 Å². The first-order valence-corrected chi connectivity index (χ1v) is 9.54. The minimum Gasteiger partial charge on any atom is -0.306 e. The second kappa shape index (κ2) is 6.65. The zero-order valence-corrected chi connectivity index (χ0v) is 14.8. The van der Waals surface area contributed by atoms with Gasteiger partial charge in [0.25, 0.3) is 0 Å². The monoisotopic (exact) mass is 345 g/mol. The van der Waals surface area contributed by atoms with Gasteiger partial charge >= 0.3 is 0 Å². The molecule has 2 aliphatic rings. The summed E-state index contributed by atoms with van der Waals surface area (Å²) in [7, 11) is 0. The van der Waals surface area contributed by atoms with Crippen molar-refractivity contribution in [1.29, 1.82) is 0 Å². The fourth-order valence-corrected chi connectivity index (χ4v) is 4.42. The average Bonchev–Trinajstić information content (AvgIpc) is 3.04. The summed E-state index contributed by atoms with van der Waals surface area (Å²) in [5.41, 5.74) is 3.79. The van der Waals surface area contributed by atoms with Crippen LogP contribution >= 0.6 is 0 Å². The lowest BCUT2D eigenvalue weighted by Crippen LogP contribution is -2.17. The Balaban J connectivity index is 1.43. The van der Waals surface area contributed by atoms with Crippen molar-refractivity contribution in [2.75, 3.05) is 0 Å². The van der Waals surface area contributed by atoms with E-state index in [4.69, 9.17) is 0 Å². The smallest absolute Gasteiger partial charge is 0.151 e. The molecule has 0 spiro atoms. The maximum absolute atomic E-state index is 4.62. The first-order valence-electron chi connectivity index (χ1n) is 9.54. The second-order valence-electron chi connectivity index (χ2n) is 7.35. The third-order valence-corrected chi connectivity index (χ3v) is 5.78. The molecule has 0 bridgehead atoms. The van der Waals surface area contributed by atoms with Crippen LogP contribution in [0.3, 0.4) is 0 Å². The molecule has 0 radical (unpaired) electrons. The molecular weight excluding hydrogens is 322 g/mol. The number of para-hydroxylation sites is 1. The van der Waals surface area contributed by atoms with E-state index in [9.17, 15) is 0 Å². The molecule has 1 fully saturated rings. The number of rotatable bonds is 2. The van der Waals surface area contributed by atoms with Crippen molar-refractivity contribution in [3.05, 3.63) is 71.6 Å². The van der Waals surface area contributed by atoms with Crippen LogP contribution in [-0.2, 0) is 13.1 Å². The molecule has 1 aliphatic carbocycles. The molecule has 2 aromatic heterocycles. The molecule has 0 amide bonds. The Kier molecular flexibility index (Phi) is 4.02. The summed E-state index contributed by atoms with van der Waals surface area (Å²) in [6, 6.07) is 14.8. The Morgan fingerprint density at radius 1 is 0.846 bits per heavy atom. The van der Waals surface area contributed by atoms with Gasteiger partial charge in [0.15, 0.2) is 5.82 Å². The van der Waals surface area contributed by atoms with Gasteiger partial charge in [-0.3, -0.25) is 9.55 Å². The van der Waals surface area contributed by atoms with Crippen molar-refractivity contribution in [3.63, 3.8) is 0 Å². The van der Waals surface area contributed by atoms with E-state index in [-0.39, 0.29) is 0 Å². The number of aromatic nitrogens is 4. The number of fused-ring (bicyclic) bond motifs is 3. The van der Waals surface area contributed by atoms with Gasteiger partial charge in [-0.05, 0) is 49.4 Å². The maximum Gasteiger partial charge on any atom is 0.151 e. The van der Waals surface area contributed by atoms with Crippen molar-refractivity contribution >= 4 is 0 Å². The normalized spacial score (nSPS) is 22.3. The molecule has 1 N–H and O–H groups in total. The largest absolute Gasteiger partial charge is 0.306 e. The number of pyridine rings is 1. The molecule has 5 nitrogen and oxygen atoms in total. The van der Waals surface area contributed by atoms with E-state index >= 15 is 0 Å². The van der Waals surface area contributed by atoms with Crippen molar-refractivity contribution in [1.82, 2.24) is 25.1 Å². The lowest BCUT2D eigenvalue weighted by molar-refractivity contribution is 0.377. The van der Waals surface area contributed by atoms with Crippen LogP contribution in [0.15, 0.2) is 48.7 Å². The molecule has 26 heavy (non-hydrogen) atoms. The molecule has 132 valence electrons. The minimum absolute atomic E-state index is 0.474. The lowest BCUT2D eigenvalue weighted by atomic mass is 9.80. The molecular formula is C21H23N5. The Labute approximate surface area is 153 Å². The fourth-order valence-electron chi connectivity index (χ4n) is 4.42. The third kappa shape index (κ3) is 2.72. The molecule has 3 heterocycles. The molecule has 0 saturated heterocycles. The van der Waals surface area contributed by atoms with Gasteiger partial charge in [0.2, 0.25) is 0 Å². The van der Waals surface area contributed by atoms with Crippen LogP contribution in [-0.4, -0.2) is 19.7 Å². The quantitative estimate of drug-likeness (QED) is 0.769. The first-order chi connectivity index (χ1) is 12.9. The van der Waals surface area contributed by atoms with Crippen LogP contribution in [0.5, 0.6) is 0 Å². The van der Waals surface area contributed by atoms with Crippen molar-refractivity contribution in [2.24, 2.45) is 0 Å². The Morgan fingerprint density at radius 3 is 2.50 bits per heavy atom. The summed E-state index contributed by atoms with van der Waals surface area (Å²) in [6.07, 6.45) is 6.54. The van der Waals surface area contributed by atoms with Crippen molar-refractivity contribution in [2.45, 2.75) is 50.6 Å². The summed E-state index contributed by atoms with van der Waals surface area (Å²) in [4.78, 5) is 4.56. The van der Waals surface area contributed by atoms with Crippen LogP contribution in [0.25, 0.3) is 5.69 Å². The van der Waals surface area contributed by atoms with Crippen LogP contribution in [0.1, 0.15) is 60.4 Å². The molecule has 1 saturated carbocycles. The number of nitrogens with one attached hydrogen (secondary N) is 1. The zero-order valence-electron chi connectivity index (χ0n) is 14.8. The lowest BCUT2D eigenvalue weighted by Gasteiger charge is -2.28. The van der Waals surface area contributed by atoms with Crippen molar-refractivity contribution < 1.29 is 0 Å². The van der Waals surface area contributed by atoms with E-state index < -0.39 is 0 Å². The molecule has 1 aliphatic heterocycles. The van der Waals surface area contributed by atoms with Crippen molar-refractivity contribution in [3.8, 4) is 5.69 Å². The van der Waals surface area contributed by atoms with Crippen LogP contribution < -0.4 is 5.32 Å². The standard InChI is InChI=1S/C21H23N5/c1-2-7-19-17(5-1)13-22-14-20-24-25-21(26(19)20)16-10-8-15(9-11-16)18-6-3-4-12-23-18/h1-7,12,15-16,22H,8-11,13-14H2. The van der Waals surface area contributed by atoms with E-state index in [1.54, 1.807) is 0 Å². The topological polar surface area (TPSA) is 55.6 Å². The molecule has 5 rings (SSSR count). The van der Waals surface area contributed by atoms with Gasteiger partial charge < -0.3 is 5.32 Å². The van der Waals surface area contributed by atoms with Crippen LogP contribution in [0.4, 0.5) is 0 Å². The summed E-state index contributed by atoms with van der Waals surface area (Å²) in [5, 5.41) is 12.6. The molecule has 0 unspecified atom stereocenters. The summed E-state index contributed by atoms with van der Waals surface area (Å²) < 4.78 is 2.31. The maximum atomic E-state index is 4.62. The summed E-state index contributed by atoms with van der Waals surface area (Å²) in [6.45, 7) is 1.65.